The Morgan fingerprint density at radius 3 is 1.65 bits per heavy atom. The number of carboxylic acids is 1. The molecule has 17 nitrogen and oxygen atoms in total. The Hall–Kier alpha value is -7.51. The van der Waals surface area contributed by atoms with E-state index >= 15 is 0 Å². The van der Waals surface area contributed by atoms with Gasteiger partial charge in [-0.3, -0.25) is 19.7 Å². The van der Waals surface area contributed by atoms with E-state index in [2.05, 4.69) is 27.2 Å². The fourth-order valence-electron chi connectivity index (χ4n) is 10.2. The second kappa shape index (κ2) is 25.3. The zero-order chi connectivity index (χ0) is 54.2. The summed E-state index contributed by atoms with van der Waals surface area (Å²) in [6.45, 7) is 10.1. The lowest BCUT2D eigenvalue weighted by molar-refractivity contribution is -0.384. The molecule has 4 aliphatic heterocycles. The number of hydrogen-bond acceptors (Lipinski definition) is 13. The maximum Gasteiger partial charge on any atom is 0.335 e. The van der Waals surface area contributed by atoms with Crippen molar-refractivity contribution in [2.45, 2.75) is 108 Å². The zero-order valence-electron chi connectivity index (χ0n) is 42.9. The number of phenols is 2. The van der Waals surface area contributed by atoms with Crippen molar-refractivity contribution in [2.75, 3.05) is 78.8 Å². The Kier molecular flexibility index (Phi) is 20.0. The maximum absolute atomic E-state index is 13.7. The normalized spacial score (nSPS) is 18.7. The molecule has 0 aromatic heterocycles. The average Bonchev–Trinajstić information content (AvgIpc) is 4.35. The molecule has 434 valence electrons. The number of nitrogens with one attached hydrogen (secondary N) is 1. The fraction of sp³-hybridized carbons (Fsp3) is 0.459. The van der Waals surface area contributed by atoms with Crippen LogP contribution in [0.25, 0.3) is 0 Å². The summed E-state index contributed by atoms with van der Waals surface area (Å²) in [6, 6.07) is 26.3. The molecule has 2 amide bonds. The van der Waals surface area contributed by atoms with Gasteiger partial charge in [0.2, 0.25) is 5.91 Å². The Morgan fingerprint density at radius 1 is 0.700 bits per heavy atom. The number of carboxylic acid groups (broad SMARTS) is 1. The first-order chi connectivity index (χ1) is 36.2. The van der Waals surface area contributed by atoms with E-state index in [-0.39, 0.29) is 74.6 Å². The molecule has 0 bridgehead atoms. The van der Waals surface area contributed by atoms with Gasteiger partial charge in [-0.15, -0.1) is 0 Å². The van der Waals surface area contributed by atoms with Gasteiger partial charge in [0.15, 0.2) is 35.2 Å². The molecule has 80 heavy (non-hydrogen) atoms. The Morgan fingerprint density at radius 2 is 1.19 bits per heavy atom. The second-order valence-corrected chi connectivity index (χ2v) is 22.2. The summed E-state index contributed by atoms with van der Waals surface area (Å²) in [6.07, 6.45) is 10.1. The predicted octanol–water partition coefficient (Wildman–Crippen LogP) is 13.0. The van der Waals surface area contributed by atoms with Gasteiger partial charge < -0.3 is 55.3 Å². The van der Waals surface area contributed by atoms with Gasteiger partial charge in [0, 0.05) is 90.7 Å². The number of methoxy groups -OCH3 is 1. The molecule has 5 aromatic carbocycles. The van der Waals surface area contributed by atoms with Crippen molar-refractivity contribution in [1.82, 2.24) is 0 Å². The number of aromatic hydroxyl groups is 2. The van der Waals surface area contributed by atoms with E-state index in [1.54, 1.807) is 17.0 Å². The third-order valence-corrected chi connectivity index (χ3v) is 15.5. The lowest BCUT2D eigenvalue weighted by atomic mass is 9.95. The van der Waals surface area contributed by atoms with E-state index in [4.69, 9.17) is 25.1 Å². The van der Waals surface area contributed by atoms with Crippen LogP contribution in [-0.4, -0.2) is 91.1 Å². The number of hydrogen-bond donors (Lipinski definition) is 5. The van der Waals surface area contributed by atoms with Crippen molar-refractivity contribution >= 4 is 51.9 Å². The molecule has 0 unspecified atom stereocenters. The van der Waals surface area contributed by atoms with Crippen LogP contribution in [0.3, 0.4) is 0 Å². The molecular weight excluding hydrogens is 1030 g/mol. The number of rotatable bonds is 9. The quantitative estimate of drug-likeness (QED) is 0.0525. The minimum atomic E-state index is -1.28. The second-order valence-electron chi connectivity index (χ2n) is 22.2. The molecule has 4 saturated heterocycles. The monoisotopic (exact) mass is 1110 g/mol. The number of non-ortho nitro benzene ring substituents is 1. The standard InChI is InChI=1S/C20H21FN2O3.C13H15FO5.C12H12N2O3.C12H16N2.4CH4/c1-26-17-11-13(10-16(21)18(17)24)19(25)22-14-2-4-15(5-3-14)23-9-8-20(12-23)6-7-20;1-13(2)5-18-12(19-6-13)8-3-7(11(16)17)4-9(14)10(8)15;15-11-7-12(5-6-12)8-13(11)9-1-3-10(4-2-9)14(16)17;13-10-1-3-11(4-2-10)14-8-7-12(9-14)5-6-12;;;;/h2-5,10-11,24H,6-9,12H2,1H3,(H,22,25);3-4,12,15H,5-6H2,1-2H3,(H,16,17);1-4H,5-8H2;1-4H,5-9,13H2;4*1H4. The lowest BCUT2D eigenvalue weighted by Crippen LogP contribution is -2.33. The number of anilines is 5. The maximum atomic E-state index is 13.7. The molecule has 3 saturated carbocycles. The minimum absolute atomic E-state index is 0. The highest BCUT2D eigenvalue weighted by molar-refractivity contribution is 6.04. The van der Waals surface area contributed by atoms with E-state index in [9.17, 15) is 43.5 Å². The van der Waals surface area contributed by atoms with Crippen molar-refractivity contribution in [2.24, 2.45) is 21.7 Å². The van der Waals surface area contributed by atoms with Gasteiger partial charge in [0.05, 0.1) is 36.4 Å². The molecule has 7 fully saturated rings. The van der Waals surface area contributed by atoms with Gasteiger partial charge in [-0.2, -0.15) is 0 Å². The largest absolute Gasteiger partial charge is 0.504 e. The number of carbonyl (C=O) groups is 3. The van der Waals surface area contributed by atoms with Crippen molar-refractivity contribution < 1.29 is 57.6 Å². The molecule has 0 atom stereocenters. The van der Waals surface area contributed by atoms with E-state index in [1.165, 1.54) is 82.6 Å². The highest BCUT2D eigenvalue weighted by Gasteiger charge is 2.52. The third kappa shape index (κ3) is 14.8. The van der Waals surface area contributed by atoms with Crippen molar-refractivity contribution in [3.8, 4) is 17.2 Å². The van der Waals surface area contributed by atoms with Crippen LogP contribution in [0.1, 0.15) is 134 Å². The SMILES string of the molecule is C.C.C.C.CC1(C)COC(c2cc(C(=O)O)cc(F)c2O)OC1.COc1cc(C(=O)Nc2ccc(N3CCC4(CC4)C3)cc2)cc(F)c1O.Nc1ccc(N2CCC3(CC3)C2)cc1.O=C1CC2(CC2)CN1c1ccc([N+](=O)[O-])cc1. The first-order valence-electron chi connectivity index (χ1n) is 25.5. The number of phenolic OH excluding ortho intramolecular Hbond substituents is 2. The minimum Gasteiger partial charge on any atom is -0.504 e. The molecule has 12 rings (SSSR count). The number of nitrogen functional groups attached to an aromatic ring is 1. The Labute approximate surface area is 468 Å². The number of nitro groups is 1. The van der Waals surface area contributed by atoms with Crippen LogP contribution in [0.15, 0.2) is 97.1 Å². The Bertz CT molecular complexity index is 2970. The van der Waals surface area contributed by atoms with Crippen LogP contribution < -0.4 is 30.5 Å². The summed E-state index contributed by atoms with van der Waals surface area (Å²) < 4.78 is 42.9. The fourth-order valence-corrected chi connectivity index (χ4v) is 10.2. The number of carbonyl (C=O) groups excluding carboxylic acids is 2. The molecule has 4 heterocycles. The molecule has 3 spiro atoms. The number of amides is 2. The van der Waals surface area contributed by atoms with Gasteiger partial charge >= 0.3 is 5.97 Å². The molecule has 19 heteroatoms. The summed E-state index contributed by atoms with van der Waals surface area (Å²) in [5.41, 5.74) is 11.6. The Balaban J connectivity index is 0.000000197. The molecule has 3 aliphatic carbocycles. The average molecular weight is 1110 g/mol. The van der Waals surface area contributed by atoms with Crippen LogP contribution in [0.2, 0.25) is 0 Å². The highest BCUT2D eigenvalue weighted by atomic mass is 19.1. The summed E-state index contributed by atoms with van der Waals surface area (Å²) in [4.78, 5) is 51.8. The van der Waals surface area contributed by atoms with E-state index in [0.29, 0.717) is 36.2 Å². The van der Waals surface area contributed by atoms with Gasteiger partial charge in [0.25, 0.3) is 11.6 Å². The summed E-state index contributed by atoms with van der Waals surface area (Å²) >= 11 is 0. The van der Waals surface area contributed by atoms with Crippen molar-refractivity contribution in [1.29, 1.82) is 0 Å². The molecule has 0 radical (unpaired) electrons. The van der Waals surface area contributed by atoms with Crippen LogP contribution in [-0.2, 0) is 14.3 Å². The topological polar surface area (TPSA) is 231 Å². The third-order valence-electron chi connectivity index (χ3n) is 15.5. The summed E-state index contributed by atoms with van der Waals surface area (Å²) in [5.74, 6) is -4.84. The smallest absolute Gasteiger partial charge is 0.335 e. The van der Waals surface area contributed by atoms with Gasteiger partial charge in [-0.1, -0.05) is 43.6 Å². The van der Waals surface area contributed by atoms with Gasteiger partial charge in [-0.25, -0.2) is 13.6 Å². The van der Waals surface area contributed by atoms with Gasteiger partial charge in [0.1, 0.15) is 0 Å². The number of benzene rings is 5. The van der Waals surface area contributed by atoms with Crippen LogP contribution in [0.5, 0.6) is 17.2 Å². The van der Waals surface area contributed by atoms with Crippen LogP contribution in [0.4, 0.5) is 42.9 Å². The van der Waals surface area contributed by atoms with Gasteiger partial charge in [-0.05, 0) is 153 Å². The number of halogens is 2. The molecule has 7 aliphatic rings. The number of nitrogens with two attached hydrogens (primary N) is 1. The first kappa shape index (κ1) is 63.3. The number of nitrogens with zero attached hydrogens (tertiary/aromatic N) is 4. The zero-order valence-corrected chi connectivity index (χ0v) is 42.9. The van der Waals surface area contributed by atoms with E-state index < -0.39 is 46.2 Å². The number of aromatic carboxylic acids is 1. The van der Waals surface area contributed by atoms with Crippen molar-refractivity contribution in [3.05, 3.63) is 136 Å². The molecule has 5 aromatic rings. The predicted molar refractivity (Wildman–Crippen MR) is 309 cm³/mol. The van der Waals surface area contributed by atoms with Crippen LogP contribution >= 0.6 is 0 Å². The molecule has 6 N–H and O–H groups in total. The highest BCUT2D eigenvalue weighted by Crippen LogP contribution is 2.55. The van der Waals surface area contributed by atoms with E-state index in [1.807, 2.05) is 50.2 Å². The molecular formula is C61H80F2N6O11. The first-order valence-corrected chi connectivity index (χ1v) is 25.5. The lowest BCUT2D eigenvalue weighted by Gasteiger charge is -2.34. The number of nitro benzene ring substituents is 1. The summed E-state index contributed by atoms with van der Waals surface area (Å²) in [5, 5.41) is 41.3. The van der Waals surface area contributed by atoms with Crippen LogP contribution in [0, 0.1) is 43.4 Å². The van der Waals surface area contributed by atoms with Crippen molar-refractivity contribution in [3.63, 3.8) is 0 Å². The van der Waals surface area contributed by atoms with E-state index in [0.717, 1.165) is 67.7 Å². The summed E-state index contributed by atoms with van der Waals surface area (Å²) in [7, 11) is 1.30. The number of ether oxygens (including phenoxy) is 3.